The Morgan fingerprint density at radius 2 is 1.96 bits per heavy atom. The van der Waals surface area contributed by atoms with Crippen LogP contribution in [-0.4, -0.2) is 31.8 Å². The lowest BCUT2D eigenvalue weighted by molar-refractivity contribution is 0.501. The number of anilines is 1. The minimum Gasteiger partial charge on any atom is -0.504 e. The van der Waals surface area contributed by atoms with Gasteiger partial charge in [0, 0.05) is 35.6 Å². The standard InChI is InChI=1S/C20H23ClN2O3S2/c1-6-12-15(23(4)27-5)10-9-14(21)16(12)19-18(24)17-13(8-7-11-22-17)20(2,3)28(19,25)26/h7-11,24H,6H2,1-5H3. The summed E-state index contributed by atoms with van der Waals surface area (Å²) in [4.78, 5) is 4.12. The van der Waals surface area contributed by atoms with E-state index >= 15 is 0 Å². The first-order valence-electron chi connectivity index (χ1n) is 8.82. The molecule has 1 N–H and O–H groups in total. The summed E-state index contributed by atoms with van der Waals surface area (Å²) in [5.74, 6) is -0.351. The smallest absolute Gasteiger partial charge is 0.192 e. The van der Waals surface area contributed by atoms with Crippen molar-refractivity contribution in [3.63, 3.8) is 0 Å². The maximum absolute atomic E-state index is 13.7. The Bertz CT molecular complexity index is 1080. The van der Waals surface area contributed by atoms with E-state index in [1.54, 1.807) is 38.2 Å². The van der Waals surface area contributed by atoms with Gasteiger partial charge in [0.25, 0.3) is 0 Å². The van der Waals surface area contributed by atoms with E-state index in [1.165, 1.54) is 11.9 Å². The molecule has 3 rings (SSSR count). The third-order valence-corrected chi connectivity index (χ3v) is 8.83. The van der Waals surface area contributed by atoms with E-state index < -0.39 is 14.6 Å². The van der Waals surface area contributed by atoms with Crippen LogP contribution in [0.25, 0.3) is 10.7 Å². The Kier molecular flexibility index (Phi) is 5.47. The maximum Gasteiger partial charge on any atom is 0.192 e. The van der Waals surface area contributed by atoms with Gasteiger partial charge in [0.2, 0.25) is 0 Å². The van der Waals surface area contributed by atoms with E-state index in [1.807, 2.05) is 30.6 Å². The summed E-state index contributed by atoms with van der Waals surface area (Å²) < 4.78 is 28.0. The molecular weight excluding hydrogens is 416 g/mol. The van der Waals surface area contributed by atoms with Gasteiger partial charge in [-0.15, -0.1) is 0 Å². The number of hydrogen-bond acceptors (Lipinski definition) is 6. The fraction of sp³-hybridized carbons (Fsp3) is 0.350. The molecule has 0 spiro atoms. The summed E-state index contributed by atoms with van der Waals surface area (Å²) in [5.41, 5.74) is 2.73. The van der Waals surface area contributed by atoms with E-state index in [0.29, 0.717) is 17.5 Å². The van der Waals surface area contributed by atoms with Crippen LogP contribution in [0.1, 0.15) is 43.2 Å². The van der Waals surface area contributed by atoms with Crippen molar-refractivity contribution in [2.45, 2.75) is 31.9 Å². The number of aliphatic hydroxyl groups is 1. The highest BCUT2D eigenvalue weighted by Gasteiger charge is 2.48. The van der Waals surface area contributed by atoms with E-state index in [9.17, 15) is 13.5 Å². The summed E-state index contributed by atoms with van der Waals surface area (Å²) in [7, 11) is -2.04. The molecule has 1 aromatic heterocycles. The van der Waals surface area contributed by atoms with Gasteiger partial charge in [-0.3, -0.25) is 4.98 Å². The second kappa shape index (κ2) is 7.28. The van der Waals surface area contributed by atoms with Crippen molar-refractivity contribution in [3.8, 4) is 0 Å². The average Bonchev–Trinajstić information content (AvgIpc) is 2.67. The van der Waals surface area contributed by atoms with Crippen LogP contribution in [0.4, 0.5) is 5.69 Å². The van der Waals surface area contributed by atoms with Crippen molar-refractivity contribution in [1.82, 2.24) is 4.98 Å². The predicted molar refractivity (Wildman–Crippen MR) is 118 cm³/mol. The molecule has 1 aliphatic heterocycles. The Balaban J connectivity index is 2.47. The highest BCUT2D eigenvalue weighted by Crippen LogP contribution is 2.50. The molecule has 0 saturated heterocycles. The number of aliphatic hydroxyl groups excluding tert-OH is 1. The van der Waals surface area contributed by atoms with Crippen LogP contribution >= 0.6 is 23.5 Å². The SMILES string of the molecule is CCc1c(N(C)SC)ccc(Cl)c1C1=C(O)c2ncccc2C(C)(C)S1(=O)=O. The lowest BCUT2D eigenvalue weighted by atomic mass is 9.96. The zero-order valence-electron chi connectivity index (χ0n) is 16.4. The number of rotatable bonds is 4. The molecule has 1 aromatic carbocycles. The van der Waals surface area contributed by atoms with Crippen LogP contribution in [0.15, 0.2) is 30.5 Å². The van der Waals surface area contributed by atoms with E-state index in [0.717, 1.165) is 11.3 Å². The van der Waals surface area contributed by atoms with E-state index in [4.69, 9.17) is 11.6 Å². The average molecular weight is 439 g/mol. The van der Waals surface area contributed by atoms with E-state index in [-0.39, 0.29) is 21.4 Å². The third-order valence-electron chi connectivity index (χ3n) is 5.27. The number of pyridine rings is 1. The van der Waals surface area contributed by atoms with Gasteiger partial charge < -0.3 is 9.41 Å². The van der Waals surface area contributed by atoms with Crippen LogP contribution in [0.2, 0.25) is 5.02 Å². The lowest BCUT2D eigenvalue weighted by Gasteiger charge is -2.34. The Labute approximate surface area is 175 Å². The van der Waals surface area contributed by atoms with Gasteiger partial charge in [-0.1, -0.05) is 36.5 Å². The zero-order valence-corrected chi connectivity index (χ0v) is 18.8. The second-order valence-electron chi connectivity index (χ2n) is 7.04. The number of halogens is 1. The lowest BCUT2D eigenvalue weighted by Crippen LogP contribution is -2.35. The van der Waals surface area contributed by atoms with Crippen LogP contribution in [0.5, 0.6) is 0 Å². The molecule has 28 heavy (non-hydrogen) atoms. The Morgan fingerprint density at radius 1 is 1.29 bits per heavy atom. The van der Waals surface area contributed by atoms with E-state index in [2.05, 4.69) is 4.98 Å². The molecule has 2 heterocycles. The molecule has 150 valence electrons. The topological polar surface area (TPSA) is 70.5 Å². The third kappa shape index (κ3) is 2.91. The van der Waals surface area contributed by atoms with Gasteiger partial charge in [-0.05, 0) is 44.0 Å². The molecule has 1 aliphatic rings. The zero-order chi connectivity index (χ0) is 20.9. The quantitative estimate of drug-likeness (QED) is 0.673. The highest BCUT2D eigenvalue weighted by atomic mass is 35.5. The molecule has 0 aliphatic carbocycles. The van der Waals surface area contributed by atoms with Crippen LogP contribution in [-0.2, 0) is 21.0 Å². The number of benzene rings is 1. The molecule has 0 atom stereocenters. The molecule has 0 fully saturated rings. The number of sulfone groups is 1. The molecule has 8 heteroatoms. The normalized spacial score (nSPS) is 17.4. The van der Waals surface area contributed by atoms with Crippen molar-refractivity contribution in [1.29, 1.82) is 0 Å². The molecule has 0 radical (unpaired) electrons. The van der Waals surface area contributed by atoms with Gasteiger partial charge in [-0.2, -0.15) is 0 Å². The molecule has 0 amide bonds. The predicted octanol–water partition coefficient (Wildman–Crippen LogP) is 5.06. The molecule has 2 aromatic rings. The van der Waals surface area contributed by atoms with Crippen molar-refractivity contribution in [3.05, 3.63) is 57.9 Å². The number of nitrogens with zero attached hydrogens (tertiary/aromatic N) is 2. The maximum atomic E-state index is 13.7. The molecular formula is C20H23ClN2O3S2. The van der Waals surface area contributed by atoms with Crippen molar-refractivity contribution in [2.24, 2.45) is 0 Å². The molecule has 0 bridgehead atoms. The molecule has 0 saturated carbocycles. The van der Waals surface area contributed by atoms with Crippen molar-refractivity contribution >= 4 is 49.7 Å². The van der Waals surface area contributed by atoms with Crippen LogP contribution in [0.3, 0.4) is 0 Å². The monoisotopic (exact) mass is 438 g/mol. The Hall–Kier alpha value is -1.70. The summed E-state index contributed by atoms with van der Waals surface area (Å²) in [6, 6.07) is 6.90. The van der Waals surface area contributed by atoms with Gasteiger partial charge in [0.1, 0.15) is 10.6 Å². The van der Waals surface area contributed by atoms with Crippen molar-refractivity contribution in [2.75, 3.05) is 17.6 Å². The van der Waals surface area contributed by atoms with Gasteiger partial charge in [0.15, 0.2) is 15.6 Å². The summed E-state index contributed by atoms with van der Waals surface area (Å²) in [6.07, 6.45) is 4.03. The first-order chi connectivity index (χ1) is 13.1. The van der Waals surface area contributed by atoms with Gasteiger partial charge in [-0.25, -0.2) is 8.42 Å². The molecule has 0 unspecified atom stereocenters. The number of hydrogen-bond donors (Lipinski definition) is 1. The first kappa shape index (κ1) is 21.0. The van der Waals surface area contributed by atoms with Crippen LogP contribution < -0.4 is 4.31 Å². The fourth-order valence-corrected chi connectivity index (χ4v) is 6.09. The molecule has 5 nitrogen and oxygen atoms in total. The largest absolute Gasteiger partial charge is 0.504 e. The first-order valence-corrected chi connectivity index (χ1v) is 11.9. The van der Waals surface area contributed by atoms with Gasteiger partial charge in [0.05, 0.1) is 10.4 Å². The number of aromatic nitrogens is 1. The minimum atomic E-state index is -3.94. The highest BCUT2D eigenvalue weighted by molar-refractivity contribution is 8.01. The summed E-state index contributed by atoms with van der Waals surface area (Å²) in [6.45, 7) is 5.20. The van der Waals surface area contributed by atoms with Gasteiger partial charge >= 0.3 is 0 Å². The Morgan fingerprint density at radius 3 is 2.57 bits per heavy atom. The van der Waals surface area contributed by atoms with Crippen molar-refractivity contribution < 1.29 is 13.5 Å². The summed E-state index contributed by atoms with van der Waals surface area (Å²) >= 11 is 8.03. The minimum absolute atomic E-state index is 0.151. The number of fused-ring (bicyclic) bond motifs is 1. The summed E-state index contributed by atoms with van der Waals surface area (Å²) in [5, 5.41) is 11.3. The fourth-order valence-electron chi connectivity index (χ4n) is 3.57. The van der Waals surface area contributed by atoms with Crippen LogP contribution in [0, 0.1) is 0 Å². The second-order valence-corrected chi connectivity index (χ2v) is 10.8.